The fraction of sp³-hybridized carbons (Fsp3) is 0.0769. The first-order chi connectivity index (χ1) is 16.4. The molecule has 170 valence electrons. The van der Waals surface area contributed by atoms with Gasteiger partial charge in [-0.15, -0.1) is 0 Å². The minimum absolute atomic E-state index is 0.497. The molecule has 0 fully saturated rings. The molecule has 0 spiro atoms. The van der Waals surface area contributed by atoms with E-state index in [4.69, 9.17) is 10.8 Å². The predicted octanol–water partition coefficient (Wildman–Crippen LogP) is 3.15. The van der Waals surface area contributed by atoms with Crippen molar-refractivity contribution >= 4 is 34.6 Å². The molecule has 0 aliphatic heterocycles. The van der Waals surface area contributed by atoms with Crippen molar-refractivity contribution < 1.29 is 19.5 Å². The zero-order valence-corrected chi connectivity index (χ0v) is 18.1. The number of para-hydroxylation sites is 1. The van der Waals surface area contributed by atoms with Crippen molar-refractivity contribution in [2.24, 2.45) is 5.73 Å². The quantitative estimate of drug-likeness (QED) is 0.353. The zero-order valence-electron chi connectivity index (χ0n) is 18.1. The van der Waals surface area contributed by atoms with Gasteiger partial charge in [0.2, 0.25) is 11.8 Å². The number of rotatable bonds is 8. The molecule has 1 atom stereocenters. The maximum Gasteiger partial charge on any atom is 0.326 e. The van der Waals surface area contributed by atoms with E-state index in [0.717, 1.165) is 22.0 Å². The van der Waals surface area contributed by atoms with E-state index in [2.05, 4.69) is 5.32 Å². The Balaban J connectivity index is 1.69. The van der Waals surface area contributed by atoms with Crippen molar-refractivity contribution in [1.29, 1.82) is 0 Å². The molecule has 3 aromatic carbocycles. The number of carbonyl (C=O) groups excluding carboxylic acids is 2. The summed E-state index contributed by atoms with van der Waals surface area (Å²) in [5.41, 5.74) is 8.11. The van der Waals surface area contributed by atoms with Crippen molar-refractivity contribution in [3.05, 3.63) is 90.6 Å². The number of amides is 2. The Morgan fingerprint density at radius 2 is 1.71 bits per heavy atom. The van der Waals surface area contributed by atoms with E-state index in [1.807, 2.05) is 72.8 Å². The molecule has 0 aliphatic rings. The summed E-state index contributed by atoms with van der Waals surface area (Å²) in [4.78, 5) is 34.7. The Morgan fingerprint density at radius 3 is 2.41 bits per heavy atom. The lowest BCUT2D eigenvalue weighted by molar-refractivity contribution is -0.142. The van der Waals surface area contributed by atoms with Crippen LogP contribution in [0.3, 0.4) is 0 Å². The molecule has 8 heteroatoms. The Morgan fingerprint density at radius 1 is 1.00 bits per heavy atom. The minimum Gasteiger partial charge on any atom is -0.480 e. The molecule has 0 saturated heterocycles. The molecule has 0 bridgehead atoms. The summed E-state index contributed by atoms with van der Waals surface area (Å²) in [6.45, 7) is 0. The minimum atomic E-state index is -1.40. The zero-order chi connectivity index (χ0) is 24.1. The molecule has 4 aromatic rings. The van der Waals surface area contributed by atoms with Gasteiger partial charge in [0.25, 0.3) is 0 Å². The number of nitrogens with one attached hydrogen (secondary N) is 1. The number of nitrogens with two attached hydrogens (primary N) is 1. The molecule has 8 nitrogen and oxygen atoms in total. The van der Waals surface area contributed by atoms with Gasteiger partial charge in [0.1, 0.15) is 6.04 Å². The van der Waals surface area contributed by atoms with Crippen LogP contribution in [0.15, 0.2) is 85.1 Å². The largest absolute Gasteiger partial charge is 0.480 e. The smallest absolute Gasteiger partial charge is 0.326 e. The number of hydrogen-bond donors (Lipinski definition) is 3. The molecule has 0 saturated carbocycles. The molecule has 1 aromatic heterocycles. The molecule has 1 unspecified atom stereocenters. The van der Waals surface area contributed by atoms with Gasteiger partial charge in [-0.3, -0.25) is 9.59 Å². The van der Waals surface area contributed by atoms with E-state index in [0.29, 0.717) is 11.3 Å². The van der Waals surface area contributed by atoms with Crippen LogP contribution in [0.5, 0.6) is 0 Å². The van der Waals surface area contributed by atoms with Crippen molar-refractivity contribution in [2.45, 2.75) is 12.5 Å². The van der Waals surface area contributed by atoms with Crippen LogP contribution in [0.2, 0.25) is 0 Å². The molecular formula is C26H22N4O4. The van der Waals surface area contributed by atoms with Crippen molar-refractivity contribution in [3.63, 3.8) is 0 Å². The summed E-state index contributed by atoms with van der Waals surface area (Å²) in [5, 5.41) is 18.4. The number of fused-ring (bicyclic) bond motifs is 1. The molecule has 34 heavy (non-hydrogen) atoms. The van der Waals surface area contributed by atoms with Crippen molar-refractivity contribution in [3.8, 4) is 16.9 Å². The average Bonchev–Trinajstić information content (AvgIpc) is 3.26. The predicted molar refractivity (Wildman–Crippen MR) is 129 cm³/mol. The summed E-state index contributed by atoms with van der Waals surface area (Å²) >= 11 is 0. The number of primary amides is 1. The highest BCUT2D eigenvalue weighted by Gasteiger charge is 2.21. The molecular weight excluding hydrogens is 432 g/mol. The fourth-order valence-electron chi connectivity index (χ4n) is 3.57. The fourth-order valence-corrected chi connectivity index (χ4v) is 3.57. The molecule has 4 N–H and O–H groups in total. The topological polar surface area (TPSA) is 127 Å². The van der Waals surface area contributed by atoms with Crippen LogP contribution in [-0.2, 0) is 14.4 Å². The van der Waals surface area contributed by atoms with Gasteiger partial charge >= 0.3 is 5.97 Å². The standard InChI is InChI=1S/C26H22N4O4/c27-23(31)15-22(26(33)34)28-24(32)13-12-20-16-30(21-8-2-1-3-9-21)29-25(20)19-11-10-17-6-4-5-7-18(17)14-19/h1-14,16,22H,15H2,(H2,27,31)(H,28,32)(H,33,34)/b13-12+. The monoisotopic (exact) mass is 454 g/mol. The number of carboxylic acids is 1. The highest BCUT2D eigenvalue weighted by atomic mass is 16.4. The summed E-state index contributed by atoms with van der Waals surface area (Å²) in [6.07, 6.45) is 4.08. The third-order valence-electron chi connectivity index (χ3n) is 5.22. The highest BCUT2D eigenvalue weighted by Crippen LogP contribution is 2.28. The van der Waals surface area contributed by atoms with Gasteiger partial charge in [0.15, 0.2) is 0 Å². The number of aliphatic carboxylic acids is 1. The Labute approximate surface area is 195 Å². The van der Waals surface area contributed by atoms with Crippen LogP contribution in [0.25, 0.3) is 33.8 Å². The first-order valence-corrected chi connectivity index (χ1v) is 10.5. The van der Waals surface area contributed by atoms with Crippen LogP contribution < -0.4 is 11.1 Å². The van der Waals surface area contributed by atoms with Gasteiger partial charge < -0.3 is 16.2 Å². The van der Waals surface area contributed by atoms with Gasteiger partial charge in [0.05, 0.1) is 17.8 Å². The number of nitrogens with zero attached hydrogens (tertiary/aromatic N) is 2. The highest BCUT2D eigenvalue weighted by molar-refractivity contribution is 5.96. The maximum atomic E-state index is 12.4. The van der Waals surface area contributed by atoms with Crippen LogP contribution in [0.4, 0.5) is 0 Å². The van der Waals surface area contributed by atoms with E-state index in [-0.39, 0.29) is 0 Å². The van der Waals surface area contributed by atoms with E-state index in [1.54, 1.807) is 17.0 Å². The van der Waals surface area contributed by atoms with Gasteiger partial charge in [-0.2, -0.15) is 5.10 Å². The van der Waals surface area contributed by atoms with E-state index < -0.39 is 30.2 Å². The maximum absolute atomic E-state index is 12.4. The molecule has 4 rings (SSSR count). The first-order valence-electron chi connectivity index (χ1n) is 10.5. The molecule has 0 radical (unpaired) electrons. The lowest BCUT2D eigenvalue weighted by Gasteiger charge is -2.10. The van der Waals surface area contributed by atoms with Crippen LogP contribution in [0.1, 0.15) is 12.0 Å². The van der Waals surface area contributed by atoms with E-state index in [1.165, 1.54) is 6.08 Å². The number of aromatic nitrogens is 2. The van der Waals surface area contributed by atoms with Gasteiger partial charge in [-0.25, -0.2) is 9.48 Å². The lowest BCUT2D eigenvalue weighted by Crippen LogP contribution is -2.42. The number of carboxylic acid groups (broad SMARTS) is 1. The Hall–Kier alpha value is -4.72. The lowest BCUT2D eigenvalue weighted by atomic mass is 10.0. The van der Waals surface area contributed by atoms with Gasteiger partial charge in [-0.1, -0.05) is 54.6 Å². The summed E-state index contributed by atoms with van der Waals surface area (Å²) in [5.74, 6) is -2.82. The normalized spacial score (nSPS) is 12.0. The second-order valence-electron chi connectivity index (χ2n) is 7.68. The van der Waals surface area contributed by atoms with E-state index >= 15 is 0 Å². The van der Waals surface area contributed by atoms with Crippen molar-refractivity contribution in [1.82, 2.24) is 15.1 Å². The second kappa shape index (κ2) is 9.83. The molecule has 1 heterocycles. The third-order valence-corrected chi connectivity index (χ3v) is 5.22. The Kier molecular flexibility index (Phi) is 6.49. The molecule has 0 aliphatic carbocycles. The number of benzene rings is 3. The van der Waals surface area contributed by atoms with Gasteiger partial charge in [0, 0.05) is 23.4 Å². The third kappa shape index (κ3) is 5.18. The SMILES string of the molecule is NC(=O)CC(NC(=O)/C=C/c1cn(-c2ccccc2)nc1-c1ccc2ccccc2c1)C(=O)O. The first kappa shape index (κ1) is 22.5. The summed E-state index contributed by atoms with van der Waals surface area (Å²) in [7, 11) is 0. The van der Waals surface area contributed by atoms with Crippen molar-refractivity contribution in [2.75, 3.05) is 0 Å². The summed E-state index contributed by atoms with van der Waals surface area (Å²) in [6, 6.07) is 22.1. The molecule has 2 amide bonds. The Bertz CT molecular complexity index is 1390. The van der Waals surface area contributed by atoms with Crippen LogP contribution in [-0.4, -0.2) is 38.7 Å². The van der Waals surface area contributed by atoms with Crippen LogP contribution >= 0.6 is 0 Å². The van der Waals surface area contributed by atoms with Crippen LogP contribution in [0, 0.1) is 0 Å². The number of carbonyl (C=O) groups is 3. The second-order valence-corrected chi connectivity index (χ2v) is 7.68. The average molecular weight is 454 g/mol. The van der Waals surface area contributed by atoms with E-state index in [9.17, 15) is 19.5 Å². The summed E-state index contributed by atoms with van der Waals surface area (Å²) < 4.78 is 1.72. The number of hydrogen-bond acceptors (Lipinski definition) is 4. The van der Waals surface area contributed by atoms with Gasteiger partial charge in [-0.05, 0) is 35.0 Å².